The molecule has 20 heavy (non-hydrogen) atoms. The van der Waals surface area contributed by atoms with Crippen molar-refractivity contribution in [3.8, 4) is 0 Å². The minimum Gasteiger partial charge on any atom is -0.343 e. The van der Waals surface area contributed by atoms with Crippen LogP contribution in [0.4, 0.5) is 0 Å². The lowest BCUT2D eigenvalue weighted by Crippen LogP contribution is -2.05. The maximum absolute atomic E-state index is 3.21. The molecule has 0 aliphatic rings. The third-order valence-electron chi connectivity index (χ3n) is 3.49. The fraction of sp³-hybridized carbons (Fsp3) is 0.176. The van der Waals surface area contributed by atoms with Crippen LogP contribution in [0.5, 0.6) is 0 Å². The highest BCUT2D eigenvalue weighted by Gasteiger charge is 2.03. The summed E-state index contributed by atoms with van der Waals surface area (Å²) in [6.45, 7) is 1.83. The number of halogens is 1. The van der Waals surface area contributed by atoms with Crippen molar-refractivity contribution >= 4 is 33.5 Å². The van der Waals surface area contributed by atoms with Gasteiger partial charge in [-0.25, -0.2) is 0 Å². The Kier molecular flexibility index (Phi) is 4.08. The van der Waals surface area contributed by atoms with E-state index in [0.717, 1.165) is 13.1 Å². The van der Waals surface area contributed by atoms with Gasteiger partial charge >= 0.3 is 0 Å². The predicted octanol–water partition coefficient (Wildman–Crippen LogP) is 4.01. The summed E-state index contributed by atoms with van der Waals surface area (Å²) in [4.78, 5) is 0. The number of nitrogens with zero attached hydrogens (tertiary/aromatic N) is 1. The molecule has 1 aromatic heterocycles. The molecule has 0 aliphatic heterocycles. The Labute approximate surface area is 132 Å². The lowest BCUT2D eigenvalue weighted by Gasteiger charge is -2.07. The molecule has 0 saturated heterocycles. The van der Waals surface area contributed by atoms with Crippen LogP contribution in [0.2, 0.25) is 0 Å². The van der Waals surface area contributed by atoms with Gasteiger partial charge in [-0.1, -0.05) is 24.3 Å². The van der Waals surface area contributed by atoms with Gasteiger partial charge in [0.05, 0.1) is 0 Å². The van der Waals surface area contributed by atoms with E-state index in [2.05, 4.69) is 87.2 Å². The van der Waals surface area contributed by atoms with Crippen molar-refractivity contribution in [2.24, 2.45) is 0 Å². The van der Waals surface area contributed by atoms with Gasteiger partial charge in [0.15, 0.2) is 0 Å². The molecule has 0 fully saturated rings. The van der Waals surface area contributed by atoms with Crippen LogP contribution < -0.4 is 5.32 Å². The van der Waals surface area contributed by atoms with E-state index in [1.165, 1.54) is 25.6 Å². The summed E-state index contributed by atoms with van der Waals surface area (Å²) in [7, 11) is 1.98. The van der Waals surface area contributed by atoms with Crippen LogP contribution in [0.1, 0.15) is 11.1 Å². The Morgan fingerprint density at radius 1 is 1.00 bits per heavy atom. The van der Waals surface area contributed by atoms with E-state index in [0.29, 0.717) is 0 Å². The first-order valence-electron chi connectivity index (χ1n) is 6.73. The van der Waals surface area contributed by atoms with Crippen LogP contribution in [-0.2, 0) is 13.1 Å². The molecule has 0 spiro atoms. The van der Waals surface area contributed by atoms with Gasteiger partial charge in [0.25, 0.3) is 0 Å². The third kappa shape index (κ3) is 2.88. The zero-order chi connectivity index (χ0) is 13.9. The number of benzene rings is 2. The Morgan fingerprint density at radius 2 is 1.75 bits per heavy atom. The minimum atomic E-state index is 0.907. The maximum Gasteiger partial charge on any atom is 0.0486 e. The van der Waals surface area contributed by atoms with Crippen molar-refractivity contribution in [3.05, 3.63) is 69.4 Å². The van der Waals surface area contributed by atoms with E-state index in [9.17, 15) is 0 Å². The van der Waals surface area contributed by atoms with E-state index in [1.807, 2.05) is 7.05 Å². The highest BCUT2D eigenvalue weighted by atomic mass is 127. The second kappa shape index (κ2) is 5.97. The molecule has 0 amide bonds. The zero-order valence-electron chi connectivity index (χ0n) is 11.4. The second-order valence-corrected chi connectivity index (χ2v) is 6.24. The third-order valence-corrected chi connectivity index (χ3v) is 4.20. The van der Waals surface area contributed by atoms with Crippen LogP contribution in [-0.4, -0.2) is 11.6 Å². The van der Waals surface area contributed by atoms with Gasteiger partial charge in [-0.05, 0) is 70.4 Å². The second-order valence-electron chi connectivity index (χ2n) is 4.99. The molecule has 3 aromatic rings. The summed E-state index contributed by atoms with van der Waals surface area (Å²) in [5.74, 6) is 0. The molecular weight excluding hydrogens is 359 g/mol. The van der Waals surface area contributed by atoms with E-state index in [4.69, 9.17) is 0 Å². The van der Waals surface area contributed by atoms with Crippen molar-refractivity contribution in [2.45, 2.75) is 13.1 Å². The fourth-order valence-corrected chi connectivity index (χ4v) is 2.83. The first kappa shape index (κ1) is 13.6. The molecule has 0 radical (unpaired) electrons. The highest BCUT2D eigenvalue weighted by molar-refractivity contribution is 14.1. The maximum atomic E-state index is 3.21. The number of hydrogen-bond donors (Lipinski definition) is 1. The molecular formula is C17H17IN2. The summed E-state index contributed by atoms with van der Waals surface area (Å²) in [6, 6.07) is 17.6. The quantitative estimate of drug-likeness (QED) is 0.681. The van der Waals surface area contributed by atoms with E-state index >= 15 is 0 Å². The van der Waals surface area contributed by atoms with Gasteiger partial charge in [-0.15, -0.1) is 0 Å². The van der Waals surface area contributed by atoms with E-state index < -0.39 is 0 Å². The molecule has 0 bridgehead atoms. The van der Waals surface area contributed by atoms with Crippen molar-refractivity contribution < 1.29 is 0 Å². The van der Waals surface area contributed by atoms with Gasteiger partial charge < -0.3 is 9.88 Å². The lowest BCUT2D eigenvalue weighted by molar-refractivity contribution is 0.812. The number of aromatic nitrogens is 1. The smallest absolute Gasteiger partial charge is 0.0486 e. The van der Waals surface area contributed by atoms with Gasteiger partial charge in [0.2, 0.25) is 0 Å². The molecule has 3 heteroatoms. The van der Waals surface area contributed by atoms with Crippen LogP contribution in [0.3, 0.4) is 0 Å². The monoisotopic (exact) mass is 376 g/mol. The number of fused-ring (bicyclic) bond motifs is 1. The first-order chi connectivity index (χ1) is 9.76. The van der Waals surface area contributed by atoms with Gasteiger partial charge in [-0.3, -0.25) is 0 Å². The van der Waals surface area contributed by atoms with Gasteiger partial charge in [0, 0.05) is 28.4 Å². The van der Waals surface area contributed by atoms with E-state index in [1.54, 1.807) is 0 Å². The van der Waals surface area contributed by atoms with Gasteiger partial charge in [-0.2, -0.15) is 0 Å². The minimum absolute atomic E-state index is 0.907. The molecule has 0 unspecified atom stereocenters. The average Bonchev–Trinajstić information content (AvgIpc) is 2.85. The molecule has 0 aliphatic carbocycles. The van der Waals surface area contributed by atoms with Crippen molar-refractivity contribution in [1.82, 2.24) is 9.88 Å². The largest absolute Gasteiger partial charge is 0.343 e. The Bertz CT molecular complexity index is 713. The van der Waals surface area contributed by atoms with Crippen LogP contribution in [0, 0.1) is 3.57 Å². The number of rotatable bonds is 4. The highest BCUT2D eigenvalue weighted by Crippen LogP contribution is 2.19. The molecule has 3 rings (SSSR count). The topological polar surface area (TPSA) is 17.0 Å². The molecule has 2 aromatic carbocycles. The lowest BCUT2D eigenvalue weighted by atomic mass is 10.1. The predicted molar refractivity (Wildman–Crippen MR) is 93.0 cm³/mol. The Morgan fingerprint density at radius 3 is 2.50 bits per heavy atom. The molecule has 1 heterocycles. The number of hydrogen-bond acceptors (Lipinski definition) is 1. The number of nitrogens with one attached hydrogen (secondary N) is 1. The Balaban J connectivity index is 1.94. The molecule has 102 valence electrons. The van der Waals surface area contributed by atoms with Crippen LogP contribution >= 0.6 is 22.6 Å². The molecule has 0 saturated carbocycles. The molecule has 2 nitrogen and oxygen atoms in total. The van der Waals surface area contributed by atoms with Crippen LogP contribution in [0.15, 0.2) is 54.7 Å². The van der Waals surface area contributed by atoms with Crippen molar-refractivity contribution in [3.63, 3.8) is 0 Å². The van der Waals surface area contributed by atoms with E-state index in [-0.39, 0.29) is 0 Å². The van der Waals surface area contributed by atoms with Crippen molar-refractivity contribution in [1.29, 1.82) is 0 Å². The normalized spacial score (nSPS) is 11.1. The summed E-state index contributed by atoms with van der Waals surface area (Å²) >= 11 is 2.34. The van der Waals surface area contributed by atoms with Crippen molar-refractivity contribution in [2.75, 3.05) is 7.05 Å². The SMILES string of the molecule is CNCc1ccc2ccn(Cc3ccc(I)cc3)c2c1. The summed E-state index contributed by atoms with van der Waals surface area (Å²) in [5, 5.41) is 4.51. The first-order valence-corrected chi connectivity index (χ1v) is 7.81. The summed E-state index contributed by atoms with van der Waals surface area (Å²) < 4.78 is 3.59. The van der Waals surface area contributed by atoms with Gasteiger partial charge in [0.1, 0.15) is 0 Å². The van der Waals surface area contributed by atoms with Crippen LogP contribution in [0.25, 0.3) is 10.9 Å². The fourth-order valence-electron chi connectivity index (χ4n) is 2.47. The zero-order valence-corrected chi connectivity index (χ0v) is 13.6. The summed E-state index contributed by atoms with van der Waals surface area (Å²) in [6.07, 6.45) is 2.17. The molecule has 0 atom stereocenters. The Hall–Kier alpha value is -1.33. The average molecular weight is 376 g/mol. The standard InChI is InChI=1S/C17H17IN2/c1-19-11-14-2-5-15-8-9-20(17(15)10-14)12-13-3-6-16(18)7-4-13/h2-10,19H,11-12H2,1H3. The molecule has 1 N–H and O–H groups in total. The summed E-state index contributed by atoms with van der Waals surface area (Å²) in [5.41, 5.74) is 3.96.